The van der Waals surface area contributed by atoms with Crippen LogP contribution in [0.15, 0.2) is 133 Å². The van der Waals surface area contributed by atoms with E-state index < -0.39 is 35.2 Å². The fraction of sp³-hybridized carbons (Fsp3) is 0.0256. The summed E-state index contributed by atoms with van der Waals surface area (Å²) in [5, 5.41) is 13.1. The van der Waals surface area contributed by atoms with E-state index >= 15 is 0 Å². The number of cyclic esters (lactones) is 1. The Kier molecular flexibility index (Phi) is 11.6. The maximum Gasteiger partial charge on any atom is 0.346 e. The van der Waals surface area contributed by atoms with Gasteiger partial charge in [0.1, 0.15) is 17.5 Å². The Balaban J connectivity index is 0.00000156. The predicted molar refractivity (Wildman–Crippen MR) is 194 cm³/mol. The van der Waals surface area contributed by atoms with Crippen LogP contribution in [0.3, 0.4) is 0 Å². The highest BCUT2D eigenvalue weighted by Gasteiger charge is 2.41. The molecule has 5 nitrogen and oxygen atoms in total. The molecule has 0 unspecified atom stereocenters. The number of nitro benzene ring substituents is 1. The largest absolute Gasteiger partial charge is 0.421 e. The lowest BCUT2D eigenvalue weighted by atomic mass is 10.1. The van der Waals surface area contributed by atoms with E-state index in [1.807, 2.05) is 30.3 Å². The molecule has 1 aliphatic heterocycles. The molecule has 0 fully saturated rings. The second kappa shape index (κ2) is 16.3. The zero-order valence-corrected chi connectivity index (χ0v) is 28.2. The van der Waals surface area contributed by atoms with Gasteiger partial charge in [-0.3, -0.25) is 10.1 Å². The number of halogens is 5. The van der Waals surface area contributed by atoms with Crippen LogP contribution >= 0.6 is 30.1 Å². The van der Waals surface area contributed by atoms with Gasteiger partial charge < -0.3 is 4.74 Å². The summed E-state index contributed by atoms with van der Waals surface area (Å²) in [6, 6.07) is 31.2. The minimum atomic E-state index is -3.44. The highest BCUT2D eigenvalue weighted by atomic mass is 35.5. The highest BCUT2D eigenvalue weighted by molar-refractivity contribution is 7.97. The Hall–Kier alpha value is -5.50. The zero-order chi connectivity index (χ0) is 35.7. The lowest BCUT2D eigenvalue weighted by molar-refractivity contribution is -0.384. The molecule has 0 saturated heterocycles. The van der Waals surface area contributed by atoms with E-state index in [4.69, 9.17) is 27.9 Å². The quantitative estimate of drug-likeness (QED) is 0.0461. The molecule has 0 amide bonds. The number of nitro groups is 1. The van der Waals surface area contributed by atoms with Crippen LogP contribution in [0.2, 0.25) is 0 Å². The Labute approximate surface area is 296 Å². The number of ether oxygens (including phenoxy) is 1. The number of alkyl halides is 2. The molecule has 0 radical (unpaired) electrons. The molecule has 0 spiro atoms. The third-order valence-corrected chi connectivity index (χ3v) is 11.7. The average Bonchev–Trinajstić information content (AvgIpc) is 3.45. The van der Waals surface area contributed by atoms with E-state index in [1.165, 1.54) is 97.1 Å². The van der Waals surface area contributed by atoms with Gasteiger partial charge in [0.15, 0.2) is 5.76 Å². The molecule has 5 aromatic carbocycles. The molecular formula is C39H23Cl2F3NO4P. The molecule has 1 aliphatic rings. The molecule has 0 aromatic heterocycles. The normalized spacial score (nSPS) is 12.1. The van der Waals surface area contributed by atoms with E-state index in [0.717, 1.165) is 0 Å². The van der Waals surface area contributed by atoms with E-state index in [0.29, 0.717) is 27.0 Å². The van der Waals surface area contributed by atoms with Crippen LogP contribution in [0.4, 0.5) is 18.9 Å². The molecule has 0 aliphatic carbocycles. The van der Waals surface area contributed by atoms with Crippen molar-refractivity contribution in [2.75, 3.05) is 5.34 Å². The molecule has 1 heterocycles. The van der Waals surface area contributed by atoms with Gasteiger partial charge in [-0.15, -0.1) is 23.2 Å². The van der Waals surface area contributed by atoms with Gasteiger partial charge in [0, 0.05) is 23.3 Å². The number of hydrogen-bond donors (Lipinski definition) is 0. The van der Waals surface area contributed by atoms with Crippen LogP contribution in [0.25, 0.3) is 5.76 Å². The van der Waals surface area contributed by atoms with Crippen LogP contribution in [0.5, 0.6) is 0 Å². The first-order valence-electron chi connectivity index (χ1n) is 14.6. The fourth-order valence-corrected chi connectivity index (χ4v) is 9.58. The second-order valence-corrected chi connectivity index (χ2v) is 14.5. The first kappa shape index (κ1) is 35.8. The lowest BCUT2D eigenvalue weighted by Gasteiger charge is -2.30. The fourth-order valence-electron chi connectivity index (χ4n) is 5.31. The Bertz CT molecular complexity index is 2140. The molecule has 5 aromatic rings. The summed E-state index contributed by atoms with van der Waals surface area (Å²) in [5.74, 6) is 9.25. The number of non-ortho nitro benzene ring substituents is 1. The van der Waals surface area contributed by atoms with E-state index in [9.17, 15) is 28.1 Å². The van der Waals surface area contributed by atoms with Gasteiger partial charge in [-0.25, -0.2) is 18.0 Å². The SMILES string of the molecule is ClCCl.O=C1OC(c2ccc([N+](=O)[O-])cc2)=C(C#CC#Cc2ccccc2)C1=P(c1ccc(F)cc1)(c1ccc(F)cc1)c1ccc(F)cc1. The van der Waals surface area contributed by atoms with Crippen LogP contribution in [0, 0.1) is 51.2 Å². The summed E-state index contributed by atoms with van der Waals surface area (Å²) < 4.78 is 49.0. The summed E-state index contributed by atoms with van der Waals surface area (Å²) in [7, 11) is 0. The summed E-state index contributed by atoms with van der Waals surface area (Å²) in [5.41, 5.74) is 1.00. The summed E-state index contributed by atoms with van der Waals surface area (Å²) in [4.78, 5) is 25.1. The third-order valence-electron chi connectivity index (χ3n) is 7.40. The maximum absolute atomic E-state index is 14.4. The number of esters is 1. The third kappa shape index (κ3) is 7.70. The van der Waals surface area contributed by atoms with Gasteiger partial charge in [-0.05, 0) is 101 Å². The van der Waals surface area contributed by atoms with Gasteiger partial charge >= 0.3 is 5.97 Å². The monoisotopic (exact) mass is 727 g/mol. The maximum atomic E-state index is 14.4. The lowest BCUT2D eigenvalue weighted by Crippen LogP contribution is -2.33. The first-order chi connectivity index (χ1) is 24.2. The number of hydrogen-bond acceptors (Lipinski definition) is 4. The molecule has 0 bridgehead atoms. The van der Waals surface area contributed by atoms with Crippen molar-refractivity contribution in [3.63, 3.8) is 0 Å². The van der Waals surface area contributed by atoms with E-state index in [-0.39, 0.29) is 27.7 Å². The Morgan fingerprint density at radius 1 is 0.660 bits per heavy atom. The van der Waals surface area contributed by atoms with Gasteiger partial charge in [-0.1, -0.05) is 60.5 Å². The van der Waals surface area contributed by atoms with Crippen molar-refractivity contribution in [2.45, 2.75) is 0 Å². The minimum absolute atomic E-state index is 0.0321. The van der Waals surface area contributed by atoms with Crippen LogP contribution in [0.1, 0.15) is 11.1 Å². The number of benzene rings is 5. The van der Waals surface area contributed by atoms with Gasteiger partial charge in [-0.2, -0.15) is 0 Å². The van der Waals surface area contributed by atoms with Gasteiger partial charge in [0.25, 0.3) is 5.69 Å². The summed E-state index contributed by atoms with van der Waals surface area (Å²) in [6.45, 7) is -3.44. The van der Waals surface area contributed by atoms with Gasteiger partial charge in [0.05, 0.1) is 21.1 Å². The zero-order valence-electron chi connectivity index (χ0n) is 25.7. The smallest absolute Gasteiger partial charge is 0.346 e. The Morgan fingerprint density at radius 3 is 1.54 bits per heavy atom. The molecule has 0 saturated carbocycles. The van der Waals surface area contributed by atoms with Crippen molar-refractivity contribution in [1.82, 2.24) is 0 Å². The van der Waals surface area contributed by atoms with Crippen molar-refractivity contribution >= 4 is 68.7 Å². The second-order valence-electron chi connectivity index (χ2n) is 10.3. The van der Waals surface area contributed by atoms with Crippen molar-refractivity contribution in [1.29, 1.82) is 0 Å². The number of rotatable bonds is 5. The molecule has 0 N–H and O–H groups in total. The first-order valence-corrected chi connectivity index (χ1v) is 17.5. The number of nitrogens with zero attached hydrogens (tertiary/aromatic N) is 1. The van der Waals surface area contributed by atoms with E-state index in [2.05, 4.69) is 23.7 Å². The molecule has 0 atom stereocenters. The van der Waals surface area contributed by atoms with E-state index in [1.54, 1.807) is 0 Å². The average molecular weight is 728 g/mol. The number of carbonyl (C=O) groups is 1. The predicted octanol–water partition coefficient (Wildman–Crippen LogP) is 7.92. The van der Waals surface area contributed by atoms with Crippen molar-refractivity contribution in [2.24, 2.45) is 0 Å². The summed E-state index contributed by atoms with van der Waals surface area (Å²) >= 11 is 9.53. The molecule has 50 heavy (non-hydrogen) atoms. The molecular weight excluding hydrogens is 705 g/mol. The topological polar surface area (TPSA) is 69.4 Å². The minimum Gasteiger partial charge on any atom is -0.421 e. The van der Waals surface area contributed by atoms with Gasteiger partial charge in [0.2, 0.25) is 0 Å². The van der Waals surface area contributed by atoms with Crippen molar-refractivity contribution < 1.29 is 27.6 Å². The van der Waals surface area contributed by atoms with Crippen molar-refractivity contribution in [3.8, 4) is 23.7 Å². The van der Waals surface area contributed by atoms with Crippen LogP contribution < -0.4 is 15.9 Å². The summed E-state index contributed by atoms with van der Waals surface area (Å²) in [6.07, 6.45) is 0. The van der Waals surface area contributed by atoms with Crippen LogP contribution in [-0.2, 0) is 9.53 Å². The van der Waals surface area contributed by atoms with Crippen molar-refractivity contribution in [3.05, 3.63) is 172 Å². The standard InChI is InChI=1S/C38H21F3NO4P.CH2Cl2/c39-28-12-20-32(21-13-28)47(33-22-14-29(40)15-23-33,34-24-16-30(41)17-25-34)37-35(9-5-4-8-26-6-2-1-3-7-26)36(46-38(37)43)27-10-18-31(19-11-27)42(44)45;2-1-3/h1-3,6-7,10-25H;1H2. The van der Waals surface area contributed by atoms with Crippen LogP contribution in [-0.4, -0.2) is 21.5 Å². The molecule has 248 valence electrons. The Morgan fingerprint density at radius 2 is 1.10 bits per heavy atom. The molecule has 6 rings (SSSR count). The highest BCUT2D eigenvalue weighted by Crippen LogP contribution is 2.50. The molecule has 11 heteroatoms. The number of carbonyl (C=O) groups excluding carboxylic acids is 1.